The SMILES string of the molecule is N#CC(C(=O)C(=O)C(C#N)c1ccc(Cl)c(Cl)c1)c1ccccc1. The van der Waals surface area contributed by atoms with Crippen molar-refractivity contribution in [1.29, 1.82) is 10.5 Å². The van der Waals surface area contributed by atoms with E-state index in [9.17, 15) is 20.1 Å². The summed E-state index contributed by atoms with van der Waals surface area (Å²) in [4.78, 5) is 24.9. The average Bonchev–Trinajstić information content (AvgIpc) is 2.60. The number of hydrogen-bond donors (Lipinski definition) is 0. The predicted molar refractivity (Wildman–Crippen MR) is 89.6 cm³/mol. The average molecular weight is 357 g/mol. The zero-order valence-corrected chi connectivity index (χ0v) is 13.8. The van der Waals surface area contributed by atoms with Crippen LogP contribution in [0.25, 0.3) is 0 Å². The van der Waals surface area contributed by atoms with E-state index < -0.39 is 23.4 Å². The monoisotopic (exact) mass is 356 g/mol. The van der Waals surface area contributed by atoms with E-state index in [2.05, 4.69) is 0 Å². The lowest BCUT2D eigenvalue weighted by atomic mass is 9.86. The second-order valence-electron chi connectivity index (χ2n) is 4.94. The number of benzene rings is 2. The molecule has 0 N–H and O–H groups in total. The molecule has 0 aliphatic heterocycles. The van der Waals surface area contributed by atoms with E-state index in [-0.39, 0.29) is 15.6 Å². The molecule has 0 saturated carbocycles. The lowest BCUT2D eigenvalue weighted by Gasteiger charge is -2.12. The topological polar surface area (TPSA) is 81.7 Å². The lowest BCUT2D eigenvalue weighted by molar-refractivity contribution is -0.137. The minimum atomic E-state index is -1.34. The second-order valence-corrected chi connectivity index (χ2v) is 5.75. The molecule has 0 aliphatic rings. The van der Waals surface area contributed by atoms with Crippen molar-refractivity contribution in [1.82, 2.24) is 0 Å². The highest BCUT2D eigenvalue weighted by atomic mass is 35.5. The van der Waals surface area contributed by atoms with Gasteiger partial charge in [0.2, 0.25) is 11.6 Å². The molecule has 0 amide bonds. The number of halogens is 2. The number of carbonyl (C=O) groups is 2. The number of Topliss-reactive ketones (excluding diaryl/α,β-unsaturated/α-hetero) is 2. The molecular formula is C18H10Cl2N2O2. The van der Waals surface area contributed by atoms with E-state index in [0.717, 1.165) is 0 Å². The molecule has 0 heterocycles. The fraction of sp³-hybridized carbons (Fsp3) is 0.111. The fourth-order valence-corrected chi connectivity index (χ4v) is 2.50. The Morgan fingerprint density at radius 2 is 1.33 bits per heavy atom. The van der Waals surface area contributed by atoms with Crippen molar-refractivity contribution in [3.63, 3.8) is 0 Å². The van der Waals surface area contributed by atoms with Crippen molar-refractivity contribution in [2.75, 3.05) is 0 Å². The molecule has 2 aromatic carbocycles. The first-order valence-electron chi connectivity index (χ1n) is 6.86. The van der Waals surface area contributed by atoms with E-state index in [1.807, 2.05) is 6.07 Å². The van der Waals surface area contributed by atoms with Gasteiger partial charge in [0.25, 0.3) is 0 Å². The first-order chi connectivity index (χ1) is 11.5. The summed E-state index contributed by atoms with van der Waals surface area (Å²) in [7, 11) is 0. The van der Waals surface area contributed by atoms with Gasteiger partial charge < -0.3 is 0 Å². The minimum Gasteiger partial charge on any atom is -0.289 e. The van der Waals surface area contributed by atoms with Crippen LogP contribution in [0.1, 0.15) is 23.0 Å². The Balaban J connectivity index is 2.34. The van der Waals surface area contributed by atoms with Crippen molar-refractivity contribution in [3.8, 4) is 12.1 Å². The Morgan fingerprint density at radius 3 is 1.83 bits per heavy atom. The van der Waals surface area contributed by atoms with E-state index in [0.29, 0.717) is 5.56 Å². The van der Waals surface area contributed by atoms with Crippen LogP contribution in [0.15, 0.2) is 48.5 Å². The minimum absolute atomic E-state index is 0.176. The smallest absolute Gasteiger partial charge is 0.221 e. The van der Waals surface area contributed by atoms with Crippen LogP contribution in [-0.4, -0.2) is 11.6 Å². The van der Waals surface area contributed by atoms with Gasteiger partial charge in [0.1, 0.15) is 11.8 Å². The van der Waals surface area contributed by atoms with Gasteiger partial charge in [-0.15, -0.1) is 0 Å². The fourth-order valence-electron chi connectivity index (χ4n) is 2.19. The quantitative estimate of drug-likeness (QED) is 0.756. The van der Waals surface area contributed by atoms with Crippen molar-refractivity contribution in [3.05, 3.63) is 69.7 Å². The third-order valence-corrected chi connectivity index (χ3v) is 4.17. The first kappa shape index (κ1) is 17.7. The molecule has 2 unspecified atom stereocenters. The van der Waals surface area contributed by atoms with E-state index >= 15 is 0 Å². The maximum atomic E-state index is 12.4. The summed E-state index contributed by atoms with van der Waals surface area (Å²) < 4.78 is 0. The molecule has 0 aliphatic carbocycles. The summed E-state index contributed by atoms with van der Waals surface area (Å²) in [5.41, 5.74) is 0.666. The summed E-state index contributed by atoms with van der Waals surface area (Å²) in [6.07, 6.45) is 0. The summed E-state index contributed by atoms with van der Waals surface area (Å²) in [5.74, 6) is -4.48. The molecule has 118 valence electrons. The van der Waals surface area contributed by atoms with Crippen LogP contribution in [0.3, 0.4) is 0 Å². The van der Waals surface area contributed by atoms with Crippen LogP contribution in [0.4, 0.5) is 0 Å². The Morgan fingerprint density at radius 1 is 0.792 bits per heavy atom. The Bertz CT molecular complexity index is 867. The molecule has 2 aromatic rings. The van der Waals surface area contributed by atoms with Crippen LogP contribution in [-0.2, 0) is 9.59 Å². The number of ketones is 2. The predicted octanol–water partition coefficient (Wildman–Crippen LogP) is 4.05. The number of nitrogens with zero attached hydrogens (tertiary/aromatic N) is 2. The Labute approximate surface area is 148 Å². The van der Waals surface area contributed by atoms with Crippen LogP contribution in [0.2, 0.25) is 10.0 Å². The van der Waals surface area contributed by atoms with Crippen molar-refractivity contribution < 1.29 is 9.59 Å². The van der Waals surface area contributed by atoms with E-state index in [1.54, 1.807) is 36.4 Å². The van der Waals surface area contributed by atoms with Crippen LogP contribution < -0.4 is 0 Å². The van der Waals surface area contributed by atoms with Gasteiger partial charge in [-0.05, 0) is 23.3 Å². The number of hydrogen-bond acceptors (Lipinski definition) is 4. The maximum absolute atomic E-state index is 12.4. The Kier molecular flexibility index (Phi) is 5.71. The van der Waals surface area contributed by atoms with Gasteiger partial charge in [0.15, 0.2) is 0 Å². The molecule has 2 atom stereocenters. The molecule has 0 radical (unpaired) electrons. The van der Waals surface area contributed by atoms with Crippen molar-refractivity contribution >= 4 is 34.8 Å². The third-order valence-electron chi connectivity index (χ3n) is 3.44. The van der Waals surface area contributed by atoms with Gasteiger partial charge in [-0.3, -0.25) is 9.59 Å². The number of rotatable bonds is 5. The van der Waals surface area contributed by atoms with Gasteiger partial charge in [0, 0.05) is 0 Å². The highest BCUT2D eigenvalue weighted by molar-refractivity contribution is 6.43. The zero-order valence-electron chi connectivity index (χ0n) is 12.2. The molecule has 0 aromatic heterocycles. The van der Waals surface area contributed by atoms with Gasteiger partial charge in [0.05, 0.1) is 22.2 Å². The van der Waals surface area contributed by atoms with Crippen molar-refractivity contribution in [2.24, 2.45) is 0 Å². The summed E-state index contributed by atoms with van der Waals surface area (Å²) in [5, 5.41) is 19.0. The van der Waals surface area contributed by atoms with Gasteiger partial charge in [-0.1, -0.05) is 59.6 Å². The van der Waals surface area contributed by atoms with Crippen LogP contribution in [0, 0.1) is 22.7 Å². The molecule has 6 heteroatoms. The second kappa shape index (κ2) is 7.75. The highest BCUT2D eigenvalue weighted by Crippen LogP contribution is 2.28. The summed E-state index contributed by atoms with van der Waals surface area (Å²) in [6.45, 7) is 0. The molecule has 4 nitrogen and oxygen atoms in total. The molecule has 2 rings (SSSR count). The Hall–Kier alpha value is -2.66. The standard InChI is InChI=1S/C18H10Cl2N2O2/c19-15-7-6-12(8-16(15)20)14(10-22)18(24)17(23)13(9-21)11-4-2-1-3-5-11/h1-8,13-14H. The maximum Gasteiger partial charge on any atom is 0.221 e. The first-order valence-corrected chi connectivity index (χ1v) is 7.62. The number of carbonyl (C=O) groups excluding carboxylic acids is 2. The van der Waals surface area contributed by atoms with Crippen molar-refractivity contribution in [2.45, 2.75) is 11.8 Å². The van der Waals surface area contributed by atoms with Gasteiger partial charge in [-0.2, -0.15) is 10.5 Å². The lowest BCUT2D eigenvalue weighted by Crippen LogP contribution is -2.26. The number of nitriles is 2. The highest BCUT2D eigenvalue weighted by Gasteiger charge is 2.33. The molecule has 0 fully saturated rings. The van der Waals surface area contributed by atoms with E-state index in [1.165, 1.54) is 18.2 Å². The van der Waals surface area contributed by atoms with E-state index in [4.69, 9.17) is 23.2 Å². The summed E-state index contributed by atoms with van der Waals surface area (Å²) in [6, 6.07) is 16.1. The largest absolute Gasteiger partial charge is 0.289 e. The molecule has 24 heavy (non-hydrogen) atoms. The normalized spacial score (nSPS) is 12.5. The van der Waals surface area contributed by atoms with Crippen LogP contribution >= 0.6 is 23.2 Å². The molecule has 0 saturated heterocycles. The van der Waals surface area contributed by atoms with Crippen LogP contribution in [0.5, 0.6) is 0 Å². The summed E-state index contributed by atoms with van der Waals surface area (Å²) >= 11 is 11.7. The molecule has 0 bridgehead atoms. The molecule has 0 spiro atoms. The van der Waals surface area contributed by atoms with Gasteiger partial charge >= 0.3 is 0 Å². The zero-order chi connectivity index (χ0) is 17.7. The third kappa shape index (κ3) is 3.63. The molecular weight excluding hydrogens is 347 g/mol. The van der Waals surface area contributed by atoms with Gasteiger partial charge in [-0.25, -0.2) is 0 Å².